The Morgan fingerprint density at radius 3 is 2.19 bits per heavy atom. The molecule has 0 aliphatic heterocycles. The molecule has 0 aliphatic rings. The topological polar surface area (TPSA) is 105 Å². The summed E-state index contributed by atoms with van der Waals surface area (Å²) < 4.78 is 25.9. The number of carbonyl (C=O) groups is 2. The Kier molecular flexibility index (Phi) is 5.56. The molecule has 0 bridgehead atoms. The van der Waals surface area contributed by atoms with E-state index in [1.165, 1.54) is 61.5 Å². The lowest BCUT2D eigenvalue weighted by Gasteiger charge is -2.11. The number of aromatic nitrogens is 4. The monoisotopic (exact) mass is 486 g/mol. The molecule has 5 rings (SSSR count). The van der Waals surface area contributed by atoms with Crippen molar-refractivity contribution < 1.29 is 23.5 Å². The Morgan fingerprint density at radius 1 is 0.944 bits per heavy atom. The van der Waals surface area contributed by atoms with Gasteiger partial charge in [0.2, 0.25) is 0 Å². The number of methoxy groups -OCH3 is 2. The molecular formula is C26H19FN4O5. The van der Waals surface area contributed by atoms with Crippen molar-refractivity contribution in [2.24, 2.45) is 0 Å². The van der Waals surface area contributed by atoms with E-state index >= 15 is 0 Å². The Labute approximate surface area is 203 Å². The molecule has 0 saturated heterocycles. The minimum atomic E-state index is -0.667. The number of carbonyl (C=O) groups excluding carboxylic acids is 2. The van der Waals surface area contributed by atoms with E-state index in [0.717, 1.165) is 11.1 Å². The molecule has 10 heteroatoms. The van der Waals surface area contributed by atoms with Gasteiger partial charge in [0.15, 0.2) is 5.65 Å². The summed E-state index contributed by atoms with van der Waals surface area (Å²) >= 11 is 0. The second kappa shape index (κ2) is 8.73. The summed E-state index contributed by atoms with van der Waals surface area (Å²) in [5.41, 5.74) is 3.18. The number of ether oxygens (including phenoxy) is 2. The van der Waals surface area contributed by atoms with Crippen LogP contribution in [0.25, 0.3) is 33.4 Å². The molecule has 0 atom stereocenters. The summed E-state index contributed by atoms with van der Waals surface area (Å²) in [5, 5.41) is 4.84. The van der Waals surface area contributed by atoms with E-state index in [1.54, 1.807) is 22.7 Å². The quantitative estimate of drug-likeness (QED) is 0.357. The van der Waals surface area contributed by atoms with E-state index in [9.17, 15) is 18.8 Å². The zero-order chi connectivity index (χ0) is 25.6. The van der Waals surface area contributed by atoms with Gasteiger partial charge in [-0.3, -0.25) is 9.36 Å². The standard InChI is InChI=1S/C26H19FN4O5/c1-14-22(15-4-6-18(27)7-5-15)23-28-13-20-21(31(23)29-14)8-9-30(24(20)32)19-11-16(25(33)35-2)10-17(12-19)26(34)36-3/h4-13H,1-3H3. The lowest BCUT2D eigenvalue weighted by molar-refractivity contribution is 0.0599. The van der Waals surface area contributed by atoms with Crippen molar-refractivity contribution in [2.75, 3.05) is 14.2 Å². The smallest absolute Gasteiger partial charge is 0.337 e. The minimum absolute atomic E-state index is 0.0858. The molecule has 36 heavy (non-hydrogen) atoms. The van der Waals surface area contributed by atoms with Crippen LogP contribution in [0, 0.1) is 12.7 Å². The summed E-state index contributed by atoms with van der Waals surface area (Å²) in [5.74, 6) is -1.68. The number of hydrogen-bond acceptors (Lipinski definition) is 7. The van der Waals surface area contributed by atoms with Gasteiger partial charge in [0.05, 0.1) is 47.6 Å². The average Bonchev–Trinajstić information content (AvgIpc) is 3.24. The second-order valence-electron chi connectivity index (χ2n) is 8.00. The van der Waals surface area contributed by atoms with Crippen molar-refractivity contribution in [2.45, 2.75) is 6.92 Å². The van der Waals surface area contributed by atoms with Crippen LogP contribution >= 0.6 is 0 Å². The third-order valence-corrected chi connectivity index (χ3v) is 5.86. The van der Waals surface area contributed by atoms with Crippen molar-refractivity contribution in [3.05, 3.63) is 93.9 Å². The molecule has 0 aliphatic carbocycles. The zero-order valence-electron chi connectivity index (χ0n) is 19.5. The lowest BCUT2D eigenvalue weighted by Crippen LogP contribution is -2.20. The highest BCUT2D eigenvalue weighted by molar-refractivity contribution is 5.96. The van der Waals surface area contributed by atoms with Crippen LogP contribution in [0.5, 0.6) is 0 Å². The number of nitrogens with zero attached hydrogens (tertiary/aromatic N) is 4. The largest absolute Gasteiger partial charge is 0.465 e. The molecule has 3 heterocycles. The van der Waals surface area contributed by atoms with Crippen molar-refractivity contribution in [3.63, 3.8) is 0 Å². The maximum atomic E-state index is 13.5. The second-order valence-corrected chi connectivity index (χ2v) is 8.00. The lowest BCUT2D eigenvalue weighted by atomic mass is 10.1. The Bertz CT molecular complexity index is 1700. The van der Waals surface area contributed by atoms with Gasteiger partial charge < -0.3 is 9.47 Å². The van der Waals surface area contributed by atoms with Gasteiger partial charge in [-0.1, -0.05) is 12.1 Å². The van der Waals surface area contributed by atoms with E-state index in [1.807, 2.05) is 6.92 Å². The molecule has 0 N–H and O–H groups in total. The van der Waals surface area contributed by atoms with Gasteiger partial charge in [0.1, 0.15) is 5.82 Å². The van der Waals surface area contributed by atoms with Gasteiger partial charge in [-0.2, -0.15) is 5.10 Å². The third kappa shape index (κ3) is 3.68. The summed E-state index contributed by atoms with van der Waals surface area (Å²) in [7, 11) is 2.44. The normalized spacial score (nSPS) is 11.1. The fourth-order valence-electron chi connectivity index (χ4n) is 4.16. The summed E-state index contributed by atoms with van der Waals surface area (Å²) in [6, 6.07) is 11.9. The van der Waals surface area contributed by atoms with Gasteiger partial charge >= 0.3 is 11.9 Å². The van der Waals surface area contributed by atoms with Gasteiger partial charge in [-0.25, -0.2) is 23.5 Å². The first-order valence-electron chi connectivity index (χ1n) is 10.8. The van der Waals surface area contributed by atoms with Crippen LogP contribution in [-0.2, 0) is 9.47 Å². The molecular weight excluding hydrogens is 467 g/mol. The molecule has 9 nitrogen and oxygen atoms in total. The van der Waals surface area contributed by atoms with E-state index in [0.29, 0.717) is 16.9 Å². The van der Waals surface area contributed by atoms with Crippen LogP contribution in [0.4, 0.5) is 4.39 Å². The number of fused-ring (bicyclic) bond motifs is 3. The van der Waals surface area contributed by atoms with E-state index in [2.05, 4.69) is 10.1 Å². The number of halogens is 1. The van der Waals surface area contributed by atoms with Crippen LogP contribution in [-0.4, -0.2) is 45.3 Å². The van der Waals surface area contributed by atoms with Crippen molar-refractivity contribution in [3.8, 4) is 16.8 Å². The molecule has 0 spiro atoms. The van der Waals surface area contributed by atoms with Gasteiger partial charge in [0.25, 0.3) is 5.56 Å². The molecule has 0 fully saturated rings. The van der Waals surface area contributed by atoms with E-state index in [4.69, 9.17) is 9.47 Å². The molecule has 0 saturated carbocycles. The minimum Gasteiger partial charge on any atom is -0.465 e. The van der Waals surface area contributed by atoms with E-state index < -0.39 is 17.5 Å². The van der Waals surface area contributed by atoms with Gasteiger partial charge in [-0.15, -0.1) is 0 Å². The number of rotatable bonds is 4. The highest BCUT2D eigenvalue weighted by Gasteiger charge is 2.19. The Morgan fingerprint density at radius 2 is 1.58 bits per heavy atom. The molecule has 5 aromatic rings. The maximum Gasteiger partial charge on any atom is 0.337 e. The van der Waals surface area contributed by atoms with Crippen LogP contribution in [0.1, 0.15) is 26.4 Å². The Balaban J connectivity index is 1.71. The Hall–Kier alpha value is -4.86. The van der Waals surface area contributed by atoms with Gasteiger partial charge in [-0.05, 0) is 48.9 Å². The third-order valence-electron chi connectivity index (χ3n) is 5.86. The SMILES string of the molecule is COC(=O)c1cc(C(=O)OC)cc(-n2ccc3c(cnc4c(-c5ccc(F)cc5)c(C)nn43)c2=O)c1. The van der Waals surface area contributed by atoms with E-state index in [-0.39, 0.29) is 28.0 Å². The number of pyridine rings is 1. The molecule has 180 valence electrons. The molecule has 0 amide bonds. The van der Waals surface area contributed by atoms with Gasteiger partial charge in [0, 0.05) is 18.0 Å². The number of aryl methyl sites for hydroxylation is 1. The first kappa shape index (κ1) is 22.9. The first-order chi connectivity index (χ1) is 17.3. The summed E-state index contributed by atoms with van der Waals surface area (Å²) in [4.78, 5) is 42.3. The van der Waals surface area contributed by atoms with Crippen LogP contribution in [0.2, 0.25) is 0 Å². The van der Waals surface area contributed by atoms with Crippen LogP contribution < -0.4 is 5.56 Å². The maximum absolute atomic E-state index is 13.5. The predicted molar refractivity (Wildman–Crippen MR) is 129 cm³/mol. The molecule has 2 aromatic carbocycles. The average molecular weight is 486 g/mol. The summed E-state index contributed by atoms with van der Waals surface area (Å²) in [6.45, 7) is 1.81. The molecule has 3 aromatic heterocycles. The summed E-state index contributed by atoms with van der Waals surface area (Å²) in [6.07, 6.45) is 2.97. The van der Waals surface area contributed by atoms with Crippen molar-refractivity contribution in [1.29, 1.82) is 0 Å². The highest BCUT2D eigenvalue weighted by Crippen LogP contribution is 2.29. The predicted octanol–water partition coefficient (Wildman–Crippen LogP) is 3.72. The number of hydrogen-bond donors (Lipinski definition) is 0. The van der Waals surface area contributed by atoms with Crippen molar-refractivity contribution >= 4 is 28.5 Å². The number of benzene rings is 2. The first-order valence-corrected chi connectivity index (χ1v) is 10.8. The molecule has 0 unspecified atom stereocenters. The molecule has 0 radical (unpaired) electrons. The zero-order valence-corrected chi connectivity index (χ0v) is 19.5. The number of esters is 2. The van der Waals surface area contributed by atoms with Crippen molar-refractivity contribution in [1.82, 2.24) is 19.2 Å². The highest BCUT2D eigenvalue weighted by atomic mass is 19.1. The van der Waals surface area contributed by atoms with Crippen LogP contribution in [0.15, 0.2) is 65.7 Å². The fourth-order valence-corrected chi connectivity index (χ4v) is 4.16. The fraction of sp³-hybridized carbons (Fsp3) is 0.115. The van der Waals surface area contributed by atoms with Crippen LogP contribution in [0.3, 0.4) is 0 Å².